The fraction of sp³-hybridized carbons (Fsp3) is 0.611. The fourth-order valence-corrected chi connectivity index (χ4v) is 2.77. The maximum Gasteiger partial charge on any atom is 0.407 e. The Bertz CT molecular complexity index is 485. The number of benzene rings is 1. The lowest BCUT2D eigenvalue weighted by Crippen LogP contribution is -2.41. The first-order valence-corrected chi connectivity index (χ1v) is 8.32. The van der Waals surface area contributed by atoms with E-state index in [2.05, 4.69) is 10.8 Å². The average molecular weight is 320 g/mol. The third-order valence-corrected chi connectivity index (χ3v) is 3.88. The molecule has 0 saturated heterocycles. The van der Waals surface area contributed by atoms with Gasteiger partial charge in [0.15, 0.2) is 0 Å². The smallest absolute Gasteiger partial charge is 0.407 e. The van der Waals surface area contributed by atoms with Crippen molar-refractivity contribution in [3.63, 3.8) is 0 Å². The number of carbonyl (C=O) groups is 1. The third-order valence-electron chi connectivity index (χ3n) is 3.88. The fourth-order valence-electron chi connectivity index (χ4n) is 2.77. The zero-order valence-corrected chi connectivity index (χ0v) is 14.3. The Balaban J connectivity index is 1.69. The summed E-state index contributed by atoms with van der Waals surface area (Å²) in [5, 5.41) is 2.86. The van der Waals surface area contributed by atoms with Crippen molar-refractivity contribution < 1.29 is 14.4 Å². The first-order valence-electron chi connectivity index (χ1n) is 8.32. The highest BCUT2D eigenvalue weighted by molar-refractivity contribution is 5.67. The Labute approximate surface area is 138 Å². The van der Waals surface area contributed by atoms with E-state index in [-0.39, 0.29) is 12.1 Å². The number of hydroxylamine groups is 1. The van der Waals surface area contributed by atoms with E-state index < -0.39 is 5.60 Å². The summed E-state index contributed by atoms with van der Waals surface area (Å²) in [5.41, 5.74) is 3.84. The average Bonchev–Trinajstić information content (AvgIpc) is 2.92. The molecule has 0 heterocycles. The Morgan fingerprint density at radius 3 is 2.65 bits per heavy atom. The van der Waals surface area contributed by atoms with Crippen LogP contribution in [0.15, 0.2) is 30.3 Å². The number of alkyl carbamates (subject to hydrolysis) is 1. The van der Waals surface area contributed by atoms with Crippen molar-refractivity contribution in [1.82, 2.24) is 10.8 Å². The van der Waals surface area contributed by atoms with Crippen molar-refractivity contribution >= 4 is 6.09 Å². The normalized spacial score (nSPS) is 21.2. The quantitative estimate of drug-likeness (QED) is 0.789. The lowest BCUT2D eigenvalue weighted by Gasteiger charge is -2.23. The van der Waals surface area contributed by atoms with Crippen LogP contribution in [0.1, 0.15) is 45.6 Å². The molecule has 2 atom stereocenters. The molecule has 5 nitrogen and oxygen atoms in total. The van der Waals surface area contributed by atoms with Crippen molar-refractivity contribution in [1.29, 1.82) is 0 Å². The van der Waals surface area contributed by atoms with Gasteiger partial charge < -0.3 is 10.1 Å². The van der Waals surface area contributed by atoms with Gasteiger partial charge in [0.2, 0.25) is 0 Å². The second-order valence-corrected chi connectivity index (χ2v) is 7.07. The van der Waals surface area contributed by atoms with E-state index in [9.17, 15) is 4.79 Å². The van der Waals surface area contributed by atoms with Crippen molar-refractivity contribution in [3.8, 4) is 0 Å². The predicted molar refractivity (Wildman–Crippen MR) is 89.7 cm³/mol. The molecule has 5 heteroatoms. The van der Waals surface area contributed by atoms with E-state index in [1.807, 2.05) is 51.1 Å². The molecule has 0 bridgehead atoms. The van der Waals surface area contributed by atoms with Crippen LogP contribution in [-0.2, 0) is 16.2 Å². The number of ether oxygens (including phenoxy) is 1. The SMILES string of the molecule is CC(C)(C)OC(=O)NCC1CCCC1NOCc1ccccc1. The molecule has 1 aromatic carbocycles. The number of carbonyl (C=O) groups excluding carboxylic acids is 1. The van der Waals surface area contributed by atoms with Gasteiger partial charge in [0.05, 0.1) is 6.61 Å². The van der Waals surface area contributed by atoms with Crippen molar-refractivity contribution in [2.75, 3.05) is 6.54 Å². The molecule has 128 valence electrons. The third kappa shape index (κ3) is 6.59. The number of nitrogens with one attached hydrogen (secondary N) is 2. The molecule has 1 aliphatic carbocycles. The molecule has 23 heavy (non-hydrogen) atoms. The van der Waals surface area contributed by atoms with Crippen LogP contribution in [0.4, 0.5) is 4.79 Å². The summed E-state index contributed by atoms with van der Waals surface area (Å²) in [7, 11) is 0. The van der Waals surface area contributed by atoms with Gasteiger partial charge in [-0.3, -0.25) is 4.84 Å². The number of rotatable bonds is 6. The van der Waals surface area contributed by atoms with Gasteiger partial charge in [0.1, 0.15) is 5.60 Å². The molecule has 2 rings (SSSR count). The monoisotopic (exact) mass is 320 g/mol. The van der Waals surface area contributed by atoms with Crippen LogP contribution in [0.25, 0.3) is 0 Å². The molecule has 0 spiro atoms. The van der Waals surface area contributed by atoms with Gasteiger partial charge in [-0.2, -0.15) is 5.48 Å². The first kappa shape index (κ1) is 17.8. The maximum absolute atomic E-state index is 11.7. The maximum atomic E-state index is 11.7. The molecule has 0 aromatic heterocycles. The molecular formula is C18H28N2O3. The Morgan fingerprint density at radius 1 is 1.22 bits per heavy atom. The first-order chi connectivity index (χ1) is 10.9. The highest BCUT2D eigenvalue weighted by Gasteiger charge is 2.28. The van der Waals surface area contributed by atoms with Gasteiger partial charge in [-0.1, -0.05) is 36.8 Å². The second kappa shape index (κ2) is 8.31. The Hall–Kier alpha value is -1.59. The Morgan fingerprint density at radius 2 is 1.96 bits per heavy atom. The van der Waals surface area contributed by atoms with E-state index in [0.717, 1.165) is 24.8 Å². The second-order valence-electron chi connectivity index (χ2n) is 7.07. The van der Waals surface area contributed by atoms with Gasteiger partial charge in [-0.15, -0.1) is 0 Å². The number of amides is 1. The molecule has 2 N–H and O–H groups in total. The van der Waals surface area contributed by atoms with Crippen LogP contribution in [0, 0.1) is 5.92 Å². The predicted octanol–water partition coefficient (Wildman–Crippen LogP) is 3.40. The van der Waals surface area contributed by atoms with Crippen molar-refractivity contribution in [3.05, 3.63) is 35.9 Å². The summed E-state index contributed by atoms with van der Waals surface area (Å²) in [6.45, 7) is 6.75. The highest BCUT2D eigenvalue weighted by Crippen LogP contribution is 2.25. The summed E-state index contributed by atoms with van der Waals surface area (Å²) in [4.78, 5) is 17.4. The van der Waals surface area contributed by atoms with E-state index in [1.54, 1.807) is 0 Å². The van der Waals surface area contributed by atoms with E-state index in [0.29, 0.717) is 19.1 Å². The molecular weight excluding hydrogens is 292 g/mol. The largest absolute Gasteiger partial charge is 0.444 e. The van der Waals surface area contributed by atoms with Crippen LogP contribution in [-0.4, -0.2) is 24.3 Å². The number of hydrogen-bond donors (Lipinski definition) is 2. The van der Waals surface area contributed by atoms with E-state index >= 15 is 0 Å². The summed E-state index contributed by atoms with van der Waals surface area (Å²) in [5.74, 6) is 0.373. The van der Waals surface area contributed by atoms with Crippen LogP contribution < -0.4 is 10.8 Å². The van der Waals surface area contributed by atoms with Crippen LogP contribution in [0.2, 0.25) is 0 Å². The standard InChI is InChI=1S/C18H28N2O3/c1-18(2,3)23-17(21)19-12-15-10-7-11-16(15)20-22-13-14-8-5-4-6-9-14/h4-6,8-9,15-16,20H,7,10-13H2,1-3H3,(H,19,21). The summed E-state index contributed by atoms with van der Waals surface area (Å²) in [6.07, 6.45) is 2.94. The zero-order chi connectivity index (χ0) is 16.7. The summed E-state index contributed by atoms with van der Waals surface area (Å²) >= 11 is 0. The van der Waals surface area contributed by atoms with Crippen LogP contribution >= 0.6 is 0 Å². The van der Waals surface area contributed by atoms with Gasteiger partial charge in [0.25, 0.3) is 0 Å². The van der Waals surface area contributed by atoms with E-state index in [4.69, 9.17) is 9.57 Å². The molecule has 1 saturated carbocycles. The molecule has 2 unspecified atom stereocenters. The summed E-state index contributed by atoms with van der Waals surface area (Å²) < 4.78 is 5.27. The minimum Gasteiger partial charge on any atom is -0.444 e. The Kier molecular flexibility index (Phi) is 6.42. The van der Waals surface area contributed by atoms with Gasteiger partial charge >= 0.3 is 6.09 Å². The lowest BCUT2D eigenvalue weighted by atomic mass is 10.0. The van der Waals surface area contributed by atoms with Crippen molar-refractivity contribution in [2.45, 2.75) is 58.3 Å². The molecule has 0 aliphatic heterocycles. The van der Waals surface area contributed by atoms with E-state index in [1.165, 1.54) is 0 Å². The topological polar surface area (TPSA) is 59.6 Å². The zero-order valence-electron chi connectivity index (χ0n) is 14.3. The lowest BCUT2D eigenvalue weighted by molar-refractivity contribution is -0.00547. The molecule has 0 radical (unpaired) electrons. The minimum atomic E-state index is -0.462. The van der Waals surface area contributed by atoms with Gasteiger partial charge in [-0.05, 0) is 45.1 Å². The van der Waals surface area contributed by atoms with Crippen LogP contribution in [0.5, 0.6) is 0 Å². The number of hydrogen-bond acceptors (Lipinski definition) is 4. The van der Waals surface area contributed by atoms with Crippen LogP contribution in [0.3, 0.4) is 0 Å². The van der Waals surface area contributed by atoms with Gasteiger partial charge in [-0.25, -0.2) is 4.79 Å². The minimum absolute atomic E-state index is 0.272. The molecule has 1 fully saturated rings. The van der Waals surface area contributed by atoms with Crippen molar-refractivity contribution in [2.24, 2.45) is 5.92 Å². The molecule has 1 amide bonds. The summed E-state index contributed by atoms with van der Waals surface area (Å²) in [6, 6.07) is 10.3. The molecule has 1 aliphatic rings. The highest BCUT2D eigenvalue weighted by atomic mass is 16.6. The molecule has 1 aromatic rings. The van der Waals surface area contributed by atoms with Gasteiger partial charge in [0, 0.05) is 12.6 Å².